The first-order valence-corrected chi connectivity index (χ1v) is 12.9. The van der Waals surface area contributed by atoms with Crippen molar-refractivity contribution in [2.45, 2.75) is 25.8 Å². The fourth-order valence-corrected chi connectivity index (χ4v) is 4.81. The van der Waals surface area contributed by atoms with Crippen molar-refractivity contribution in [3.05, 3.63) is 90.8 Å². The number of aromatic nitrogens is 5. The van der Waals surface area contributed by atoms with E-state index in [1.165, 1.54) is 31.5 Å². The number of nitrogens with zero attached hydrogens (tertiary/aromatic N) is 6. The normalized spacial score (nSPS) is 14.7. The number of rotatable bonds is 9. The van der Waals surface area contributed by atoms with Crippen LogP contribution in [0.2, 0.25) is 0 Å². The van der Waals surface area contributed by atoms with Crippen LogP contribution >= 0.6 is 0 Å². The Morgan fingerprint density at radius 1 is 0.946 bits per heavy atom. The summed E-state index contributed by atoms with van der Waals surface area (Å²) >= 11 is 0. The molecule has 1 aliphatic heterocycles. The van der Waals surface area contributed by atoms with Crippen molar-refractivity contribution in [3.63, 3.8) is 0 Å². The maximum absolute atomic E-state index is 5.92. The second-order valence-electron chi connectivity index (χ2n) is 9.46. The first-order chi connectivity index (χ1) is 18.2. The van der Waals surface area contributed by atoms with Gasteiger partial charge < -0.3 is 10.1 Å². The summed E-state index contributed by atoms with van der Waals surface area (Å²) in [4.78, 5) is 7.13. The fraction of sp³-hybridized carbons (Fsp3) is 0.276. The zero-order valence-electron chi connectivity index (χ0n) is 21.0. The van der Waals surface area contributed by atoms with Crippen LogP contribution in [0.15, 0.2) is 85.2 Å². The minimum absolute atomic E-state index is 0.134. The molecular formula is C29H31N7O. The lowest BCUT2D eigenvalue weighted by atomic mass is 10.1. The summed E-state index contributed by atoms with van der Waals surface area (Å²) in [6.45, 7) is 6.22. The number of pyridine rings is 1. The highest BCUT2D eigenvalue weighted by molar-refractivity contribution is 5.64. The van der Waals surface area contributed by atoms with Crippen LogP contribution in [-0.4, -0.2) is 55.5 Å². The number of anilines is 2. The number of hydrogen-bond acceptors (Lipinski definition) is 6. The largest absolute Gasteiger partial charge is 0.492 e. The number of benzene rings is 2. The molecule has 0 bridgehead atoms. The van der Waals surface area contributed by atoms with Crippen LogP contribution in [0.1, 0.15) is 31.4 Å². The van der Waals surface area contributed by atoms with Crippen LogP contribution in [0.3, 0.4) is 0 Å². The smallest absolute Gasteiger partial charge is 0.247 e. The Kier molecular flexibility index (Phi) is 6.56. The molecule has 2 aromatic carbocycles. The van der Waals surface area contributed by atoms with E-state index in [4.69, 9.17) is 9.84 Å². The third-order valence-corrected chi connectivity index (χ3v) is 6.92. The van der Waals surface area contributed by atoms with Gasteiger partial charge in [-0.3, -0.25) is 9.58 Å². The summed E-state index contributed by atoms with van der Waals surface area (Å²) in [5.74, 6) is 1.41. The van der Waals surface area contributed by atoms with Crippen molar-refractivity contribution in [3.8, 4) is 17.0 Å². The van der Waals surface area contributed by atoms with Crippen LogP contribution in [0, 0.1) is 0 Å². The molecular weight excluding hydrogens is 462 g/mol. The van der Waals surface area contributed by atoms with Gasteiger partial charge >= 0.3 is 0 Å². The molecule has 0 radical (unpaired) electrons. The molecule has 1 N–H and O–H groups in total. The number of likely N-dealkylation sites (tertiary alicyclic amines) is 1. The van der Waals surface area contributed by atoms with Crippen molar-refractivity contribution >= 4 is 17.3 Å². The van der Waals surface area contributed by atoms with E-state index < -0.39 is 0 Å². The van der Waals surface area contributed by atoms with E-state index in [2.05, 4.69) is 57.7 Å². The number of ether oxygens (including phenoxy) is 1. The second kappa shape index (κ2) is 10.4. The predicted octanol–water partition coefficient (Wildman–Crippen LogP) is 5.42. The van der Waals surface area contributed by atoms with Crippen LogP contribution in [-0.2, 0) is 0 Å². The van der Waals surface area contributed by atoms with Gasteiger partial charge in [0, 0.05) is 24.0 Å². The first kappa shape index (κ1) is 23.2. The number of fused-ring (bicyclic) bond motifs is 1. The lowest BCUT2D eigenvalue weighted by Gasteiger charge is -2.15. The van der Waals surface area contributed by atoms with Crippen molar-refractivity contribution in [2.75, 3.05) is 31.6 Å². The molecule has 1 saturated heterocycles. The van der Waals surface area contributed by atoms with Gasteiger partial charge in [0.15, 0.2) is 5.65 Å². The molecule has 1 atom stereocenters. The Morgan fingerprint density at radius 2 is 1.76 bits per heavy atom. The molecule has 188 valence electrons. The average molecular weight is 494 g/mol. The summed E-state index contributed by atoms with van der Waals surface area (Å²) in [7, 11) is 0. The summed E-state index contributed by atoms with van der Waals surface area (Å²) in [5, 5.41) is 12.7. The van der Waals surface area contributed by atoms with E-state index in [9.17, 15) is 0 Å². The van der Waals surface area contributed by atoms with E-state index >= 15 is 0 Å². The fourth-order valence-electron chi connectivity index (χ4n) is 4.81. The van der Waals surface area contributed by atoms with Gasteiger partial charge in [-0.05, 0) is 74.8 Å². The molecule has 3 aromatic heterocycles. The highest BCUT2D eigenvalue weighted by atomic mass is 16.5. The molecule has 37 heavy (non-hydrogen) atoms. The summed E-state index contributed by atoms with van der Waals surface area (Å²) < 4.78 is 9.75. The molecule has 8 nitrogen and oxygen atoms in total. The SMILES string of the molecule is CC(c1ccccc1)n1cc(-c2cccc3nc(Nc4ccc(OCCN5CCCC5)cc4)nn23)cn1. The average Bonchev–Trinajstić information content (AvgIpc) is 3.71. The van der Waals surface area contributed by atoms with Crippen molar-refractivity contribution in [1.29, 1.82) is 0 Å². The summed E-state index contributed by atoms with van der Waals surface area (Å²) in [6.07, 6.45) is 6.54. The minimum Gasteiger partial charge on any atom is -0.492 e. The Labute approximate surface area is 216 Å². The topological polar surface area (TPSA) is 72.5 Å². The van der Waals surface area contributed by atoms with Gasteiger partial charge in [0.25, 0.3) is 0 Å². The van der Waals surface area contributed by atoms with Gasteiger partial charge in [0.05, 0.1) is 17.9 Å². The lowest BCUT2D eigenvalue weighted by Crippen LogP contribution is -2.25. The third-order valence-electron chi connectivity index (χ3n) is 6.92. The van der Waals surface area contributed by atoms with Gasteiger partial charge in [0.2, 0.25) is 5.95 Å². The highest BCUT2D eigenvalue weighted by Crippen LogP contribution is 2.25. The van der Waals surface area contributed by atoms with Gasteiger partial charge in [-0.2, -0.15) is 10.1 Å². The first-order valence-electron chi connectivity index (χ1n) is 12.9. The van der Waals surface area contributed by atoms with E-state index in [-0.39, 0.29) is 6.04 Å². The minimum atomic E-state index is 0.134. The lowest BCUT2D eigenvalue weighted by molar-refractivity contribution is 0.238. The van der Waals surface area contributed by atoms with Crippen LogP contribution in [0.5, 0.6) is 5.75 Å². The van der Waals surface area contributed by atoms with Gasteiger partial charge in [-0.15, -0.1) is 5.10 Å². The Balaban J connectivity index is 1.15. The molecule has 0 saturated carbocycles. The number of hydrogen-bond donors (Lipinski definition) is 1. The monoisotopic (exact) mass is 493 g/mol. The molecule has 4 heterocycles. The molecule has 1 fully saturated rings. The van der Waals surface area contributed by atoms with Crippen molar-refractivity contribution in [1.82, 2.24) is 29.3 Å². The quantitative estimate of drug-likeness (QED) is 0.296. The van der Waals surface area contributed by atoms with E-state index in [1.807, 2.05) is 63.9 Å². The molecule has 6 rings (SSSR count). The summed E-state index contributed by atoms with van der Waals surface area (Å²) in [5.41, 5.74) is 4.82. The standard InChI is InChI=1S/C29H31N7O/c1-22(23-8-3-2-4-9-23)35-21-24(20-30-35)27-10-7-11-28-32-29(33-36(27)28)31-25-12-14-26(15-13-25)37-19-18-34-16-5-6-17-34/h2-4,7-15,20-22H,5-6,16-19H2,1H3,(H,31,33). The maximum atomic E-state index is 5.92. The zero-order valence-corrected chi connectivity index (χ0v) is 21.0. The molecule has 1 aliphatic rings. The maximum Gasteiger partial charge on any atom is 0.247 e. The zero-order chi connectivity index (χ0) is 25.0. The molecule has 8 heteroatoms. The molecule has 0 spiro atoms. The Hall–Kier alpha value is -4.17. The Bertz CT molecular complexity index is 1450. The van der Waals surface area contributed by atoms with Crippen LogP contribution in [0.25, 0.3) is 16.9 Å². The summed E-state index contributed by atoms with van der Waals surface area (Å²) in [6, 6.07) is 24.4. The van der Waals surface area contributed by atoms with Gasteiger partial charge in [-0.1, -0.05) is 36.4 Å². The van der Waals surface area contributed by atoms with Gasteiger partial charge in [-0.25, -0.2) is 4.52 Å². The van der Waals surface area contributed by atoms with Crippen LogP contribution < -0.4 is 10.1 Å². The van der Waals surface area contributed by atoms with E-state index in [0.717, 1.165) is 34.9 Å². The van der Waals surface area contributed by atoms with Crippen LogP contribution in [0.4, 0.5) is 11.6 Å². The Morgan fingerprint density at radius 3 is 2.57 bits per heavy atom. The second-order valence-corrected chi connectivity index (χ2v) is 9.46. The molecule has 5 aromatic rings. The third kappa shape index (κ3) is 5.20. The molecule has 0 amide bonds. The van der Waals surface area contributed by atoms with Crippen molar-refractivity contribution < 1.29 is 4.74 Å². The van der Waals surface area contributed by atoms with E-state index in [0.29, 0.717) is 12.6 Å². The molecule has 0 aliphatic carbocycles. The number of nitrogens with one attached hydrogen (secondary N) is 1. The molecule has 1 unspecified atom stereocenters. The predicted molar refractivity (Wildman–Crippen MR) is 145 cm³/mol. The van der Waals surface area contributed by atoms with E-state index in [1.54, 1.807) is 0 Å². The van der Waals surface area contributed by atoms with Gasteiger partial charge in [0.1, 0.15) is 12.4 Å². The highest BCUT2D eigenvalue weighted by Gasteiger charge is 2.14. The van der Waals surface area contributed by atoms with Crippen molar-refractivity contribution in [2.24, 2.45) is 0 Å².